The number of amides is 1. The molecule has 0 spiro atoms. The third-order valence-corrected chi connectivity index (χ3v) is 3.96. The van der Waals surface area contributed by atoms with Crippen LogP contribution in [0.15, 0.2) is 47.1 Å². The van der Waals surface area contributed by atoms with Gasteiger partial charge in [-0.3, -0.25) is 4.79 Å². The number of benzene rings is 1. The third-order valence-electron chi connectivity index (χ3n) is 3.96. The Morgan fingerprint density at radius 1 is 1.14 bits per heavy atom. The first-order valence-corrected chi connectivity index (χ1v) is 7.52. The lowest BCUT2D eigenvalue weighted by Crippen LogP contribution is -2.47. The number of hydrogen-bond acceptors (Lipinski definition) is 4. The minimum Gasteiger partial charge on any atom is -0.485 e. The highest BCUT2D eigenvalue weighted by molar-refractivity contribution is 5.82. The Kier molecular flexibility index (Phi) is 3.25. The highest BCUT2D eigenvalue weighted by Crippen LogP contribution is 2.34. The molecule has 1 aliphatic heterocycles. The molecule has 5 nitrogen and oxygen atoms in total. The molecule has 1 atom stereocenters. The molecule has 1 fully saturated rings. The average molecular weight is 299 g/mol. The Morgan fingerprint density at radius 3 is 2.68 bits per heavy atom. The Morgan fingerprint density at radius 2 is 1.95 bits per heavy atom. The summed E-state index contributed by atoms with van der Waals surface area (Å²) in [7, 11) is 0. The Balaban J connectivity index is 1.50. The quantitative estimate of drug-likeness (QED) is 0.871. The first kappa shape index (κ1) is 13.2. The predicted molar refractivity (Wildman–Crippen MR) is 78.6 cm³/mol. The van der Waals surface area contributed by atoms with E-state index in [1.54, 1.807) is 6.26 Å². The lowest BCUT2D eigenvalue weighted by Gasteiger charge is -2.30. The van der Waals surface area contributed by atoms with Crippen LogP contribution in [0.5, 0.6) is 11.5 Å². The molecule has 1 aliphatic carbocycles. The summed E-state index contributed by atoms with van der Waals surface area (Å²) in [5.41, 5.74) is 0. The molecule has 114 valence electrons. The van der Waals surface area contributed by atoms with Crippen LogP contribution >= 0.6 is 0 Å². The van der Waals surface area contributed by atoms with Gasteiger partial charge in [-0.2, -0.15) is 0 Å². The lowest BCUT2D eigenvalue weighted by atomic mass is 10.2. The summed E-state index contributed by atoms with van der Waals surface area (Å²) in [5, 5.41) is 0. The van der Waals surface area contributed by atoms with E-state index in [0.717, 1.165) is 18.6 Å². The highest BCUT2D eigenvalue weighted by Gasteiger charge is 2.39. The van der Waals surface area contributed by atoms with Crippen molar-refractivity contribution in [2.24, 2.45) is 0 Å². The van der Waals surface area contributed by atoms with Gasteiger partial charge in [0.15, 0.2) is 11.5 Å². The maximum atomic E-state index is 12.8. The van der Waals surface area contributed by atoms with Gasteiger partial charge in [-0.05, 0) is 37.1 Å². The number of ether oxygens (including phenoxy) is 2. The van der Waals surface area contributed by atoms with Crippen LogP contribution < -0.4 is 9.47 Å². The predicted octanol–water partition coefficient (Wildman–Crippen LogP) is 2.61. The maximum Gasteiger partial charge on any atom is 0.267 e. The molecule has 0 unspecified atom stereocenters. The summed E-state index contributed by atoms with van der Waals surface area (Å²) < 4.78 is 16.8. The molecule has 0 radical (unpaired) electrons. The molecular weight excluding hydrogens is 282 g/mol. The fourth-order valence-corrected chi connectivity index (χ4v) is 2.67. The second-order valence-corrected chi connectivity index (χ2v) is 5.64. The Bertz CT molecular complexity index is 663. The van der Waals surface area contributed by atoms with Crippen molar-refractivity contribution < 1.29 is 18.7 Å². The van der Waals surface area contributed by atoms with Gasteiger partial charge in [0.05, 0.1) is 12.8 Å². The van der Waals surface area contributed by atoms with Gasteiger partial charge >= 0.3 is 0 Å². The molecule has 2 heterocycles. The van der Waals surface area contributed by atoms with Gasteiger partial charge in [0.2, 0.25) is 6.10 Å². The second kappa shape index (κ2) is 5.40. The number of furan rings is 1. The molecule has 1 aromatic heterocycles. The normalized spacial score (nSPS) is 19.7. The zero-order chi connectivity index (χ0) is 14.9. The number of hydrogen-bond donors (Lipinski definition) is 0. The molecule has 1 aromatic carbocycles. The van der Waals surface area contributed by atoms with Crippen molar-refractivity contribution in [1.82, 2.24) is 4.90 Å². The van der Waals surface area contributed by atoms with Gasteiger partial charge in [0.25, 0.3) is 5.91 Å². The minimum atomic E-state index is -0.592. The van der Waals surface area contributed by atoms with E-state index in [1.807, 2.05) is 41.3 Å². The van der Waals surface area contributed by atoms with Crippen LogP contribution in [-0.2, 0) is 11.3 Å². The van der Waals surface area contributed by atoms with E-state index in [-0.39, 0.29) is 12.5 Å². The van der Waals surface area contributed by atoms with Crippen LogP contribution in [-0.4, -0.2) is 29.6 Å². The van der Waals surface area contributed by atoms with Crippen molar-refractivity contribution in [3.8, 4) is 11.5 Å². The monoisotopic (exact) mass is 299 g/mol. The van der Waals surface area contributed by atoms with Gasteiger partial charge in [0, 0.05) is 6.04 Å². The maximum absolute atomic E-state index is 12.8. The number of nitrogens with zero attached hydrogens (tertiary/aromatic N) is 1. The van der Waals surface area contributed by atoms with E-state index in [4.69, 9.17) is 13.9 Å². The second-order valence-electron chi connectivity index (χ2n) is 5.64. The third kappa shape index (κ3) is 2.54. The van der Waals surface area contributed by atoms with E-state index >= 15 is 0 Å². The Labute approximate surface area is 128 Å². The highest BCUT2D eigenvalue weighted by atomic mass is 16.6. The van der Waals surface area contributed by atoms with Crippen molar-refractivity contribution in [1.29, 1.82) is 0 Å². The fourth-order valence-electron chi connectivity index (χ4n) is 2.67. The lowest BCUT2D eigenvalue weighted by molar-refractivity contribution is -0.142. The summed E-state index contributed by atoms with van der Waals surface area (Å²) in [6.07, 6.45) is 3.11. The first-order chi connectivity index (χ1) is 10.8. The van der Waals surface area contributed by atoms with Crippen LogP contribution in [0.1, 0.15) is 18.6 Å². The molecular formula is C17H17NO4. The summed E-state index contributed by atoms with van der Waals surface area (Å²) in [4.78, 5) is 14.6. The van der Waals surface area contributed by atoms with Gasteiger partial charge < -0.3 is 18.8 Å². The summed E-state index contributed by atoms with van der Waals surface area (Å²) >= 11 is 0. The number of carbonyl (C=O) groups is 1. The standard InChI is InChI=1S/C17H17NO4/c19-17(16-11-21-14-5-1-2-6-15(14)22-16)18(12-7-8-12)10-13-4-3-9-20-13/h1-6,9,12,16H,7-8,10-11H2/t16-/m1/s1. The van der Waals surface area contributed by atoms with Crippen LogP contribution in [0.25, 0.3) is 0 Å². The fraction of sp³-hybridized carbons (Fsp3) is 0.353. The van der Waals surface area contributed by atoms with Gasteiger partial charge in [-0.1, -0.05) is 12.1 Å². The van der Waals surface area contributed by atoms with E-state index in [0.29, 0.717) is 24.1 Å². The van der Waals surface area contributed by atoms with E-state index in [9.17, 15) is 4.79 Å². The van der Waals surface area contributed by atoms with Crippen molar-refractivity contribution in [3.63, 3.8) is 0 Å². The Hall–Kier alpha value is -2.43. The van der Waals surface area contributed by atoms with E-state index in [1.165, 1.54) is 0 Å². The molecule has 2 aromatic rings. The molecule has 0 N–H and O–H groups in total. The number of carbonyl (C=O) groups excluding carboxylic acids is 1. The smallest absolute Gasteiger partial charge is 0.267 e. The molecule has 0 bridgehead atoms. The number of fused-ring (bicyclic) bond motifs is 1. The van der Waals surface area contributed by atoms with E-state index in [2.05, 4.69) is 0 Å². The van der Waals surface area contributed by atoms with Crippen LogP contribution in [0.2, 0.25) is 0 Å². The topological polar surface area (TPSA) is 51.9 Å². The molecule has 1 amide bonds. The molecule has 0 saturated heterocycles. The summed E-state index contributed by atoms with van der Waals surface area (Å²) in [5.74, 6) is 2.07. The van der Waals surface area contributed by atoms with Crippen molar-refractivity contribution in [2.75, 3.05) is 6.61 Å². The van der Waals surface area contributed by atoms with E-state index < -0.39 is 6.10 Å². The largest absolute Gasteiger partial charge is 0.485 e. The van der Waals surface area contributed by atoms with Crippen molar-refractivity contribution >= 4 is 5.91 Å². The zero-order valence-electron chi connectivity index (χ0n) is 12.1. The summed E-state index contributed by atoms with van der Waals surface area (Å²) in [6.45, 7) is 0.731. The van der Waals surface area contributed by atoms with Crippen LogP contribution in [0.3, 0.4) is 0 Å². The van der Waals surface area contributed by atoms with Crippen LogP contribution in [0, 0.1) is 0 Å². The SMILES string of the molecule is O=C([C@H]1COc2ccccc2O1)N(Cc1ccco1)C1CC1. The van der Waals surface area contributed by atoms with Crippen molar-refractivity contribution in [2.45, 2.75) is 31.5 Å². The summed E-state index contributed by atoms with van der Waals surface area (Å²) in [6, 6.07) is 11.4. The molecule has 1 saturated carbocycles. The first-order valence-electron chi connectivity index (χ1n) is 7.52. The minimum absolute atomic E-state index is 0.0339. The van der Waals surface area contributed by atoms with Crippen molar-refractivity contribution in [3.05, 3.63) is 48.4 Å². The van der Waals surface area contributed by atoms with Crippen LogP contribution in [0.4, 0.5) is 0 Å². The molecule has 4 rings (SSSR count). The molecule has 2 aliphatic rings. The molecule has 5 heteroatoms. The van der Waals surface area contributed by atoms with Gasteiger partial charge in [0.1, 0.15) is 12.4 Å². The van der Waals surface area contributed by atoms with Gasteiger partial charge in [-0.25, -0.2) is 0 Å². The molecule has 22 heavy (non-hydrogen) atoms. The zero-order valence-corrected chi connectivity index (χ0v) is 12.1. The number of para-hydroxylation sites is 2. The number of rotatable bonds is 4. The van der Waals surface area contributed by atoms with Gasteiger partial charge in [-0.15, -0.1) is 0 Å². The average Bonchev–Trinajstić information content (AvgIpc) is 3.27.